The van der Waals surface area contributed by atoms with E-state index in [0.717, 1.165) is 32.9 Å². The number of benzene rings is 2. The van der Waals surface area contributed by atoms with Gasteiger partial charge in [-0.3, -0.25) is 0 Å². The Labute approximate surface area is 123 Å². The van der Waals surface area contributed by atoms with Gasteiger partial charge in [0.2, 0.25) is 0 Å². The van der Waals surface area contributed by atoms with Crippen LogP contribution in [0.2, 0.25) is 5.02 Å². The van der Waals surface area contributed by atoms with E-state index in [9.17, 15) is 0 Å². The van der Waals surface area contributed by atoms with Crippen LogP contribution >= 0.6 is 11.6 Å². The molecule has 1 N–H and O–H groups in total. The lowest BCUT2D eigenvalue weighted by atomic mass is 10.0. The number of fused-ring (bicyclic) bond motifs is 1. The van der Waals surface area contributed by atoms with E-state index in [2.05, 4.69) is 30.4 Å². The predicted octanol–water partition coefficient (Wildman–Crippen LogP) is 4.70. The van der Waals surface area contributed by atoms with E-state index in [1.54, 1.807) is 0 Å². The minimum atomic E-state index is 0.0269. The fraction of sp³-hybridized carbons (Fsp3) is 0.176. The van der Waals surface area contributed by atoms with E-state index >= 15 is 0 Å². The van der Waals surface area contributed by atoms with Gasteiger partial charge in [-0.2, -0.15) is 0 Å². The number of rotatable bonds is 3. The summed E-state index contributed by atoms with van der Waals surface area (Å²) in [5.74, 6) is 0.916. The van der Waals surface area contributed by atoms with Crippen LogP contribution in [0, 0.1) is 6.92 Å². The molecule has 0 aliphatic heterocycles. The van der Waals surface area contributed by atoms with Gasteiger partial charge in [0, 0.05) is 10.4 Å². The summed E-state index contributed by atoms with van der Waals surface area (Å²) in [5, 5.41) is 5.17. The fourth-order valence-electron chi connectivity index (χ4n) is 2.50. The summed E-state index contributed by atoms with van der Waals surface area (Å²) < 4.78 is 6.04. The van der Waals surface area contributed by atoms with Crippen molar-refractivity contribution in [3.05, 3.63) is 70.4 Å². The Balaban J connectivity index is 2.07. The Morgan fingerprint density at radius 1 is 1.10 bits per heavy atom. The average Bonchev–Trinajstić information content (AvgIpc) is 2.87. The second-order valence-corrected chi connectivity index (χ2v) is 5.35. The van der Waals surface area contributed by atoms with Crippen LogP contribution in [0.25, 0.3) is 11.0 Å². The topological polar surface area (TPSA) is 25.2 Å². The number of halogens is 1. The second kappa shape index (κ2) is 5.31. The maximum absolute atomic E-state index is 6.04. The smallest absolute Gasteiger partial charge is 0.137 e. The normalized spacial score (nSPS) is 12.8. The van der Waals surface area contributed by atoms with Crippen molar-refractivity contribution in [3.63, 3.8) is 0 Å². The molecule has 3 rings (SSSR count). The lowest BCUT2D eigenvalue weighted by Gasteiger charge is -2.13. The summed E-state index contributed by atoms with van der Waals surface area (Å²) >= 11 is 5.95. The molecule has 102 valence electrons. The quantitative estimate of drug-likeness (QED) is 0.754. The van der Waals surface area contributed by atoms with Crippen LogP contribution in [0.15, 0.2) is 52.9 Å². The summed E-state index contributed by atoms with van der Waals surface area (Å²) in [5.41, 5.74) is 3.24. The van der Waals surface area contributed by atoms with Gasteiger partial charge in [0.25, 0.3) is 0 Å². The molecule has 2 aromatic carbocycles. The zero-order valence-corrected chi connectivity index (χ0v) is 12.2. The van der Waals surface area contributed by atoms with Crippen LogP contribution in [-0.4, -0.2) is 7.05 Å². The highest BCUT2D eigenvalue weighted by atomic mass is 35.5. The average molecular weight is 286 g/mol. The van der Waals surface area contributed by atoms with Crippen LogP contribution in [-0.2, 0) is 0 Å². The number of furan rings is 1. The Hall–Kier alpha value is -1.77. The van der Waals surface area contributed by atoms with E-state index in [4.69, 9.17) is 16.0 Å². The molecule has 0 spiro atoms. The van der Waals surface area contributed by atoms with E-state index in [0.29, 0.717) is 0 Å². The van der Waals surface area contributed by atoms with Crippen LogP contribution in [0.5, 0.6) is 0 Å². The van der Waals surface area contributed by atoms with Crippen molar-refractivity contribution in [2.45, 2.75) is 13.0 Å². The summed E-state index contributed by atoms with van der Waals surface area (Å²) in [6.07, 6.45) is 0. The number of para-hydroxylation sites is 1. The van der Waals surface area contributed by atoms with Gasteiger partial charge in [-0.25, -0.2) is 0 Å². The lowest BCUT2D eigenvalue weighted by molar-refractivity contribution is 0.490. The first kappa shape index (κ1) is 13.2. The highest BCUT2D eigenvalue weighted by molar-refractivity contribution is 6.30. The van der Waals surface area contributed by atoms with Gasteiger partial charge in [-0.05, 0) is 43.3 Å². The molecule has 1 aromatic heterocycles. The molecule has 0 saturated carbocycles. The van der Waals surface area contributed by atoms with Crippen molar-refractivity contribution in [2.75, 3.05) is 7.05 Å². The Morgan fingerprint density at radius 3 is 2.50 bits per heavy atom. The zero-order chi connectivity index (χ0) is 14.1. The maximum atomic E-state index is 6.04. The van der Waals surface area contributed by atoms with E-state index < -0.39 is 0 Å². The minimum Gasteiger partial charge on any atom is -0.459 e. The summed E-state index contributed by atoms with van der Waals surface area (Å²) in [6.45, 7) is 2.06. The first-order valence-corrected chi connectivity index (χ1v) is 6.98. The van der Waals surface area contributed by atoms with E-state index in [1.807, 2.05) is 37.4 Å². The van der Waals surface area contributed by atoms with Gasteiger partial charge in [0.05, 0.1) is 6.04 Å². The summed E-state index contributed by atoms with van der Waals surface area (Å²) in [6, 6.07) is 16.1. The third-order valence-corrected chi connectivity index (χ3v) is 3.79. The SMILES string of the molecule is CNC(c1ccc(Cl)cc1)c1cc2cccc(C)c2o1. The molecule has 1 heterocycles. The molecular formula is C17H16ClNO. The first-order valence-electron chi connectivity index (χ1n) is 6.61. The molecule has 0 saturated heterocycles. The molecule has 0 aliphatic rings. The molecule has 1 atom stereocenters. The molecule has 0 fully saturated rings. The van der Waals surface area contributed by atoms with E-state index in [-0.39, 0.29) is 6.04 Å². The molecule has 3 aromatic rings. The Bertz CT molecular complexity index is 730. The van der Waals surface area contributed by atoms with Crippen molar-refractivity contribution < 1.29 is 4.42 Å². The van der Waals surface area contributed by atoms with Crippen LogP contribution < -0.4 is 5.32 Å². The Morgan fingerprint density at radius 2 is 1.85 bits per heavy atom. The maximum Gasteiger partial charge on any atom is 0.137 e. The molecule has 20 heavy (non-hydrogen) atoms. The van der Waals surface area contributed by atoms with Crippen molar-refractivity contribution in [1.82, 2.24) is 5.32 Å². The molecular weight excluding hydrogens is 270 g/mol. The monoisotopic (exact) mass is 285 g/mol. The van der Waals surface area contributed by atoms with Gasteiger partial charge in [0.15, 0.2) is 0 Å². The highest BCUT2D eigenvalue weighted by Gasteiger charge is 2.17. The molecule has 0 radical (unpaired) electrons. The van der Waals surface area contributed by atoms with Gasteiger partial charge < -0.3 is 9.73 Å². The number of nitrogens with one attached hydrogen (secondary N) is 1. The Kier molecular flexibility index (Phi) is 3.51. The predicted molar refractivity (Wildman–Crippen MR) is 83.3 cm³/mol. The van der Waals surface area contributed by atoms with Crippen molar-refractivity contribution in [3.8, 4) is 0 Å². The van der Waals surface area contributed by atoms with Crippen LogP contribution in [0.1, 0.15) is 22.9 Å². The molecule has 0 bridgehead atoms. The molecule has 0 aliphatic carbocycles. The van der Waals surface area contributed by atoms with Crippen LogP contribution in [0.3, 0.4) is 0 Å². The number of hydrogen-bond donors (Lipinski definition) is 1. The summed E-state index contributed by atoms with van der Waals surface area (Å²) in [7, 11) is 1.93. The van der Waals surface area contributed by atoms with Crippen molar-refractivity contribution >= 4 is 22.6 Å². The third kappa shape index (κ3) is 2.33. The largest absolute Gasteiger partial charge is 0.459 e. The molecule has 0 amide bonds. The van der Waals surface area contributed by atoms with E-state index in [1.165, 1.54) is 0 Å². The highest BCUT2D eigenvalue weighted by Crippen LogP contribution is 2.30. The first-order chi connectivity index (χ1) is 9.69. The molecule has 3 heteroatoms. The van der Waals surface area contributed by atoms with Crippen molar-refractivity contribution in [1.29, 1.82) is 0 Å². The number of hydrogen-bond acceptors (Lipinski definition) is 2. The lowest BCUT2D eigenvalue weighted by Crippen LogP contribution is -2.16. The molecule has 1 unspecified atom stereocenters. The van der Waals surface area contributed by atoms with Gasteiger partial charge in [-0.15, -0.1) is 0 Å². The number of aryl methyl sites for hydroxylation is 1. The van der Waals surface area contributed by atoms with Gasteiger partial charge in [-0.1, -0.05) is 41.9 Å². The second-order valence-electron chi connectivity index (χ2n) is 4.92. The zero-order valence-electron chi connectivity index (χ0n) is 11.5. The van der Waals surface area contributed by atoms with Crippen molar-refractivity contribution in [2.24, 2.45) is 0 Å². The van der Waals surface area contributed by atoms with Gasteiger partial charge in [0.1, 0.15) is 11.3 Å². The molecule has 2 nitrogen and oxygen atoms in total. The third-order valence-electron chi connectivity index (χ3n) is 3.54. The van der Waals surface area contributed by atoms with Crippen LogP contribution in [0.4, 0.5) is 0 Å². The standard InChI is InChI=1S/C17H16ClNO/c1-11-4-3-5-13-10-15(20-17(11)13)16(19-2)12-6-8-14(18)9-7-12/h3-10,16,19H,1-2H3. The van der Waals surface area contributed by atoms with Gasteiger partial charge >= 0.3 is 0 Å². The fourth-order valence-corrected chi connectivity index (χ4v) is 2.63. The minimum absolute atomic E-state index is 0.0269. The summed E-state index contributed by atoms with van der Waals surface area (Å²) in [4.78, 5) is 0.